The molecule has 2 N–H and O–H groups in total. The molecule has 0 spiro atoms. The van der Waals surface area contributed by atoms with Gasteiger partial charge in [0.1, 0.15) is 6.04 Å². The van der Waals surface area contributed by atoms with E-state index < -0.39 is 0 Å². The molecular formula is C16H18ClN2OS+. The van der Waals surface area contributed by atoms with Gasteiger partial charge in [-0.15, -0.1) is 11.3 Å². The summed E-state index contributed by atoms with van der Waals surface area (Å²) in [6.45, 7) is 3.70. The third-order valence-corrected chi connectivity index (χ3v) is 5.26. The highest BCUT2D eigenvalue weighted by Gasteiger charge is 2.29. The van der Waals surface area contributed by atoms with Crippen LogP contribution in [0.4, 0.5) is 5.69 Å². The number of nitrogens with one attached hydrogen (secondary N) is 2. The molecule has 0 bridgehead atoms. The number of hydrogen-bond donors (Lipinski definition) is 2. The maximum atomic E-state index is 12.2. The minimum absolute atomic E-state index is 0.0396. The van der Waals surface area contributed by atoms with Gasteiger partial charge in [-0.2, -0.15) is 0 Å². The lowest BCUT2D eigenvalue weighted by atomic mass is 10.0. The third-order valence-electron chi connectivity index (χ3n) is 4.03. The predicted molar refractivity (Wildman–Crippen MR) is 87.2 cm³/mol. The molecule has 0 saturated carbocycles. The number of amides is 1. The lowest BCUT2D eigenvalue weighted by Gasteiger charge is -2.29. The molecule has 5 heteroatoms. The first kappa shape index (κ1) is 14.6. The van der Waals surface area contributed by atoms with Crippen molar-refractivity contribution in [1.82, 2.24) is 0 Å². The van der Waals surface area contributed by atoms with Crippen LogP contribution in [0, 0.1) is 0 Å². The van der Waals surface area contributed by atoms with E-state index in [-0.39, 0.29) is 5.91 Å². The van der Waals surface area contributed by atoms with E-state index in [0.29, 0.717) is 17.6 Å². The van der Waals surface area contributed by atoms with E-state index in [0.717, 1.165) is 18.7 Å². The summed E-state index contributed by atoms with van der Waals surface area (Å²) in [4.78, 5) is 15.0. The van der Waals surface area contributed by atoms with Gasteiger partial charge < -0.3 is 10.2 Å². The van der Waals surface area contributed by atoms with Crippen molar-refractivity contribution in [3.05, 3.63) is 51.2 Å². The van der Waals surface area contributed by atoms with Gasteiger partial charge in [-0.1, -0.05) is 17.7 Å². The Kier molecular flexibility index (Phi) is 4.29. The highest BCUT2D eigenvalue weighted by Crippen LogP contribution is 2.24. The Morgan fingerprint density at radius 2 is 2.33 bits per heavy atom. The molecule has 1 aliphatic rings. The minimum Gasteiger partial charge on any atom is -0.321 e. The number of carbonyl (C=O) groups excluding carboxylic acids is 1. The van der Waals surface area contributed by atoms with Crippen LogP contribution in [0.5, 0.6) is 0 Å². The zero-order valence-corrected chi connectivity index (χ0v) is 13.4. The number of quaternary nitrogens is 1. The standard InChI is InChI=1S/C16H17ClN2OS/c1-11-14-6-8-21-15(14)5-7-19(11)10-16(20)18-13-4-2-3-12(17)9-13/h2-4,6,8-9,11H,5,7,10H2,1H3,(H,18,20)/p+1/t11-/m1/s1. The number of hydrogen-bond acceptors (Lipinski definition) is 2. The number of anilines is 1. The molecule has 0 aliphatic carbocycles. The minimum atomic E-state index is 0.0396. The van der Waals surface area contributed by atoms with Crippen molar-refractivity contribution >= 4 is 34.5 Å². The Balaban J connectivity index is 1.63. The summed E-state index contributed by atoms with van der Waals surface area (Å²) in [5.74, 6) is 0.0396. The molecule has 0 saturated heterocycles. The van der Waals surface area contributed by atoms with Gasteiger partial charge in [0.15, 0.2) is 6.54 Å². The van der Waals surface area contributed by atoms with Gasteiger partial charge in [0.25, 0.3) is 5.91 Å². The molecule has 1 aromatic heterocycles. The third kappa shape index (κ3) is 3.28. The summed E-state index contributed by atoms with van der Waals surface area (Å²) in [6.07, 6.45) is 1.07. The molecule has 3 rings (SSSR count). The second kappa shape index (κ2) is 6.18. The average Bonchev–Trinajstić information content (AvgIpc) is 2.91. The van der Waals surface area contributed by atoms with Crippen molar-refractivity contribution in [3.8, 4) is 0 Å². The largest absolute Gasteiger partial charge is 0.321 e. The quantitative estimate of drug-likeness (QED) is 0.895. The molecule has 3 nitrogen and oxygen atoms in total. The summed E-state index contributed by atoms with van der Waals surface area (Å²) in [6, 6.07) is 9.84. The van der Waals surface area contributed by atoms with Crippen LogP contribution in [0.25, 0.3) is 0 Å². The molecule has 0 radical (unpaired) electrons. The fraction of sp³-hybridized carbons (Fsp3) is 0.312. The average molecular weight is 322 g/mol. The van der Waals surface area contributed by atoms with Crippen LogP contribution in [0.15, 0.2) is 35.7 Å². The predicted octanol–water partition coefficient (Wildman–Crippen LogP) is 2.54. The summed E-state index contributed by atoms with van der Waals surface area (Å²) in [5, 5.41) is 5.71. The summed E-state index contributed by atoms with van der Waals surface area (Å²) in [5.41, 5.74) is 2.16. The SMILES string of the molecule is C[C@@H]1c2ccsc2CC[NH+]1CC(=O)Nc1cccc(Cl)c1. The van der Waals surface area contributed by atoms with Crippen LogP contribution in [0.1, 0.15) is 23.4 Å². The maximum absolute atomic E-state index is 12.2. The molecule has 1 aliphatic heterocycles. The van der Waals surface area contributed by atoms with Crippen LogP contribution in [-0.2, 0) is 11.2 Å². The second-order valence-electron chi connectivity index (χ2n) is 5.41. The number of carbonyl (C=O) groups is 1. The number of fused-ring (bicyclic) bond motifs is 1. The Labute approximate surface area is 133 Å². The van der Waals surface area contributed by atoms with E-state index in [2.05, 4.69) is 23.7 Å². The van der Waals surface area contributed by atoms with E-state index in [9.17, 15) is 4.79 Å². The summed E-state index contributed by atoms with van der Waals surface area (Å²) >= 11 is 7.76. The molecule has 2 aromatic rings. The first-order valence-electron chi connectivity index (χ1n) is 7.10. The van der Waals surface area contributed by atoms with Crippen molar-refractivity contribution in [3.63, 3.8) is 0 Å². The maximum Gasteiger partial charge on any atom is 0.279 e. The lowest BCUT2D eigenvalue weighted by molar-refractivity contribution is -0.923. The van der Waals surface area contributed by atoms with Gasteiger partial charge in [0.2, 0.25) is 0 Å². The van der Waals surface area contributed by atoms with E-state index in [1.54, 1.807) is 12.1 Å². The molecule has 1 aromatic carbocycles. The fourth-order valence-electron chi connectivity index (χ4n) is 2.87. The van der Waals surface area contributed by atoms with Crippen LogP contribution in [0.3, 0.4) is 0 Å². The topological polar surface area (TPSA) is 33.5 Å². The monoisotopic (exact) mass is 321 g/mol. The van der Waals surface area contributed by atoms with Crippen LogP contribution in [-0.4, -0.2) is 19.0 Å². The van der Waals surface area contributed by atoms with Crippen molar-refractivity contribution in [1.29, 1.82) is 0 Å². The van der Waals surface area contributed by atoms with Gasteiger partial charge in [-0.25, -0.2) is 0 Å². The molecular weight excluding hydrogens is 304 g/mol. The van der Waals surface area contributed by atoms with Gasteiger partial charge in [-0.3, -0.25) is 4.79 Å². The highest BCUT2D eigenvalue weighted by atomic mass is 35.5. The van der Waals surface area contributed by atoms with Crippen LogP contribution < -0.4 is 10.2 Å². The Morgan fingerprint density at radius 3 is 3.14 bits per heavy atom. The first-order valence-corrected chi connectivity index (χ1v) is 8.35. The smallest absolute Gasteiger partial charge is 0.279 e. The Bertz CT molecular complexity index is 655. The van der Waals surface area contributed by atoms with Gasteiger partial charge >= 0.3 is 0 Å². The van der Waals surface area contributed by atoms with Gasteiger partial charge in [0, 0.05) is 27.6 Å². The van der Waals surface area contributed by atoms with E-state index in [4.69, 9.17) is 11.6 Å². The molecule has 1 unspecified atom stereocenters. The van der Waals surface area contributed by atoms with Crippen molar-refractivity contribution in [2.24, 2.45) is 0 Å². The number of rotatable bonds is 3. The summed E-state index contributed by atoms with van der Waals surface area (Å²) < 4.78 is 0. The first-order chi connectivity index (χ1) is 10.1. The molecule has 2 heterocycles. The van der Waals surface area contributed by atoms with Gasteiger partial charge in [-0.05, 0) is 36.6 Å². The molecule has 21 heavy (non-hydrogen) atoms. The molecule has 2 atom stereocenters. The molecule has 110 valence electrons. The zero-order chi connectivity index (χ0) is 14.8. The highest BCUT2D eigenvalue weighted by molar-refractivity contribution is 7.10. The Morgan fingerprint density at radius 1 is 1.48 bits per heavy atom. The van der Waals surface area contributed by atoms with Crippen molar-refractivity contribution in [2.75, 3.05) is 18.4 Å². The van der Waals surface area contributed by atoms with Crippen LogP contribution in [0.2, 0.25) is 5.02 Å². The number of benzene rings is 1. The Hall–Kier alpha value is -1.36. The van der Waals surface area contributed by atoms with Crippen molar-refractivity contribution < 1.29 is 9.69 Å². The number of halogens is 1. The summed E-state index contributed by atoms with van der Waals surface area (Å²) in [7, 11) is 0. The van der Waals surface area contributed by atoms with E-state index in [1.165, 1.54) is 15.3 Å². The second-order valence-corrected chi connectivity index (χ2v) is 6.85. The lowest BCUT2D eigenvalue weighted by Crippen LogP contribution is -3.14. The van der Waals surface area contributed by atoms with Crippen LogP contribution >= 0.6 is 22.9 Å². The van der Waals surface area contributed by atoms with E-state index >= 15 is 0 Å². The van der Waals surface area contributed by atoms with Gasteiger partial charge in [0.05, 0.1) is 6.54 Å². The molecule has 1 amide bonds. The van der Waals surface area contributed by atoms with Crippen molar-refractivity contribution in [2.45, 2.75) is 19.4 Å². The normalized spacial score (nSPS) is 20.9. The number of thiophene rings is 1. The fourth-order valence-corrected chi connectivity index (χ4v) is 4.04. The molecule has 0 fully saturated rings. The van der Waals surface area contributed by atoms with E-state index in [1.807, 2.05) is 23.5 Å². The zero-order valence-electron chi connectivity index (χ0n) is 11.9.